The highest BCUT2D eigenvalue weighted by molar-refractivity contribution is 5.78. The lowest BCUT2D eigenvalue weighted by molar-refractivity contribution is 0.163. The zero-order chi connectivity index (χ0) is 19.6. The number of rotatable bonds is 11. The van der Waals surface area contributed by atoms with Gasteiger partial charge in [-0.1, -0.05) is 68.3 Å². The number of hydrogen-bond donors (Lipinski definition) is 0. The quantitative estimate of drug-likeness (QED) is 0.330. The SMILES string of the molecule is C=CC[C@@H](CC/C=C/CCCCC)N1C(=O)N(C)[C@H](C)[C@@H]1c1ccccc1. The van der Waals surface area contributed by atoms with Crippen molar-refractivity contribution < 1.29 is 4.79 Å². The predicted octanol–water partition coefficient (Wildman–Crippen LogP) is 6.35. The first kappa shape index (κ1) is 21.3. The van der Waals surface area contributed by atoms with Gasteiger partial charge in [-0.15, -0.1) is 6.58 Å². The Bertz CT molecular complexity index is 610. The summed E-state index contributed by atoms with van der Waals surface area (Å²) in [6.07, 6.45) is 14.4. The summed E-state index contributed by atoms with van der Waals surface area (Å²) in [6.45, 7) is 8.32. The summed E-state index contributed by atoms with van der Waals surface area (Å²) in [5, 5.41) is 0. The molecule has 2 rings (SSSR count). The van der Waals surface area contributed by atoms with Crippen molar-refractivity contribution in [2.75, 3.05) is 7.05 Å². The first-order valence-electron chi connectivity index (χ1n) is 10.5. The van der Waals surface area contributed by atoms with Crippen LogP contribution in [0.3, 0.4) is 0 Å². The highest BCUT2D eigenvalue weighted by Gasteiger charge is 2.44. The number of carbonyl (C=O) groups is 1. The van der Waals surface area contributed by atoms with Gasteiger partial charge in [-0.3, -0.25) is 0 Å². The minimum absolute atomic E-state index is 0.0992. The van der Waals surface area contributed by atoms with E-state index in [0.717, 1.165) is 25.7 Å². The molecule has 1 aliphatic heterocycles. The van der Waals surface area contributed by atoms with E-state index in [1.54, 1.807) is 0 Å². The number of benzene rings is 1. The van der Waals surface area contributed by atoms with Gasteiger partial charge in [-0.25, -0.2) is 4.79 Å². The van der Waals surface area contributed by atoms with Crippen molar-refractivity contribution in [1.82, 2.24) is 9.80 Å². The molecule has 2 amide bonds. The fraction of sp³-hybridized carbons (Fsp3) is 0.542. The second kappa shape index (κ2) is 11.0. The zero-order valence-corrected chi connectivity index (χ0v) is 17.3. The Morgan fingerprint density at radius 2 is 1.85 bits per heavy atom. The number of amides is 2. The molecule has 0 aromatic heterocycles. The van der Waals surface area contributed by atoms with E-state index >= 15 is 0 Å². The average molecular weight is 369 g/mol. The Labute approximate surface area is 165 Å². The number of allylic oxidation sites excluding steroid dienone is 2. The molecule has 3 heteroatoms. The van der Waals surface area contributed by atoms with Gasteiger partial charge in [0, 0.05) is 13.1 Å². The number of hydrogen-bond acceptors (Lipinski definition) is 1. The molecule has 1 aliphatic rings. The smallest absolute Gasteiger partial charge is 0.320 e. The molecule has 0 N–H and O–H groups in total. The molecule has 1 aromatic rings. The zero-order valence-electron chi connectivity index (χ0n) is 17.3. The first-order valence-corrected chi connectivity index (χ1v) is 10.5. The van der Waals surface area contributed by atoms with Crippen LogP contribution in [0.4, 0.5) is 4.79 Å². The van der Waals surface area contributed by atoms with E-state index in [4.69, 9.17) is 0 Å². The molecule has 0 bridgehead atoms. The Balaban J connectivity index is 2.10. The largest absolute Gasteiger partial charge is 0.323 e. The van der Waals surface area contributed by atoms with Gasteiger partial charge in [-0.05, 0) is 44.6 Å². The second-order valence-electron chi connectivity index (χ2n) is 7.62. The van der Waals surface area contributed by atoms with Crippen molar-refractivity contribution in [2.24, 2.45) is 0 Å². The molecule has 1 fully saturated rings. The van der Waals surface area contributed by atoms with Crippen molar-refractivity contribution in [2.45, 2.75) is 76.9 Å². The number of nitrogens with zero attached hydrogens (tertiary/aromatic N) is 2. The van der Waals surface area contributed by atoms with Gasteiger partial charge in [0.15, 0.2) is 0 Å². The summed E-state index contributed by atoms with van der Waals surface area (Å²) in [6, 6.07) is 11.0. The van der Waals surface area contributed by atoms with Crippen LogP contribution in [0, 0.1) is 0 Å². The molecule has 1 heterocycles. The molecule has 1 saturated heterocycles. The molecule has 0 spiro atoms. The van der Waals surface area contributed by atoms with Crippen LogP contribution >= 0.6 is 0 Å². The summed E-state index contributed by atoms with van der Waals surface area (Å²) in [4.78, 5) is 17.0. The lowest BCUT2D eigenvalue weighted by Gasteiger charge is -2.33. The Morgan fingerprint density at radius 3 is 2.52 bits per heavy atom. The van der Waals surface area contributed by atoms with Gasteiger partial charge in [-0.2, -0.15) is 0 Å². The number of unbranched alkanes of at least 4 members (excludes halogenated alkanes) is 3. The molecular formula is C24H36N2O. The maximum Gasteiger partial charge on any atom is 0.320 e. The monoisotopic (exact) mass is 368 g/mol. The Hall–Kier alpha value is -2.03. The van der Waals surface area contributed by atoms with Gasteiger partial charge >= 0.3 is 6.03 Å². The van der Waals surface area contributed by atoms with Gasteiger partial charge < -0.3 is 9.80 Å². The summed E-state index contributed by atoms with van der Waals surface area (Å²) in [5.41, 5.74) is 1.21. The highest BCUT2D eigenvalue weighted by Crippen LogP contribution is 2.37. The molecule has 27 heavy (non-hydrogen) atoms. The topological polar surface area (TPSA) is 23.6 Å². The molecule has 1 aromatic carbocycles. The molecule has 3 nitrogen and oxygen atoms in total. The van der Waals surface area contributed by atoms with Crippen molar-refractivity contribution >= 4 is 6.03 Å². The van der Waals surface area contributed by atoms with E-state index in [0.29, 0.717) is 0 Å². The van der Waals surface area contributed by atoms with Crippen LogP contribution in [0.2, 0.25) is 0 Å². The van der Waals surface area contributed by atoms with Crippen LogP contribution in [0.5, 0.6) is 0 Å². The van der Waals surface area contributed by atoms with Crippen LogP contribution < -0.4 is 0 Å². The number of urea groups is 1. The Kier molecular flexibility index (Phi) is 8.63. The standard InChI is InChI=1S/C24H36N2O/c1-5-7-8-9-10-11-15-19-22(16-6-2)26-23(20(3)25(4)24(26)27)21-17-13-12-14-18-21/h6,10-14,17-18,20,22-23H,2,5,7-9,15-16,19H2,1,3-4H3/b11-10+/t20-,22+,23-/m1/s1. The van der Waals surface area contributed by atoms with Gasteiger partial charge in [0.05, 0.1) is 12.1 Å². The van der Waals surface area contributed by atoms with Gasteiger partial charge in [0.25, 0.3) is 0 Å². The lowest BCUT2D eigenvalue weighted by Crippen LogP contribution is -2.39. The molecule has 0 aliphatic carbocycles. The average Bonchev–Trinajstić information content (AvgIpc) is 2.91. The van der Waals surface area contributed by atoms with Crippen molar-refractivity contribution in [3.05, 3.63) is 60.7 Å². The van der Waals surface area contributed by atoms with E-state index in [-0.39, 0.29) is 24.2 Å². The summed E-state index contributed by atoms with van der Waals surface area (Å²) in [7, 11) is 1.92. The molecule has 3 atom stereocenters. The second-order valence-corrected chi connectivity index (χ2v) is 7.62. The predicted molar refractivity (Wildman–Crippen MR) is 115 cm³/mol. The third-order valence-corrected chi connectivity index (χ3v) is 5.67. The normalized spacial score (nSPS) is 21.2. The van der Waals surface area contributed by atoms with Crippen LogP contribution in [0.15, 0.2) is 55.1 Å². The fourth-order valence-electron chi connectivity index (χ4n) is 3.99. The van der Waals surface area contributed by atoms with Crippen molar-refractivity contribution in [1.29, 1.82) is 0 Å². The Morgan fingerprint density at radius 1 is 1.15 bits per heavy atom. The number of carbonyl (C=O) groups excluding carboxylic acids is 1. The summed E-state index contributed by atoms with van der Waals surface area (Å²) in [5.74, 6) is 0. The van der Waals surface area contributed by atoms with Gasteiger partial charge in [0.1, 0.15) is 0 Å². The maximum absolute atomic E-state index is 13.0. The third kappa shape index (κ3) is 5.47. The minimum atomic E-state index is 0.0992. The van der Waals surface area contributed by atoms with Crippen molar-refractivity contribution in [3.8, 4) is 0 Å². The molecule has 0 unspecified atom stereocenters. The molecule has 0 saturated carbocycles. The van der Waals surface area contributed by atoms with E-state index in [1.807, 2.05) is 24.1 Å². The van der Waals surface area contributed by atoms with E-state index < -0.39 is 0 Å². The summed E-state index contributed by atoms with van der Waals surface area (Å²) >= 11 is 0. The van der Waals surface area contributed by atoms with E-state index in [2.05, 4.69) is 61.7 Å². The maximum atomic E-state index is 13.0. The molecule has 0 radical (unpaired) electrons. The van der Waals surface area contributed by atoms with Crippen LogP contribution in [-0.2, 0) is 0 Å². The highest BCUT2D eigenvalue weighted by atomic mass is 16.2. The van der Waals surface area contributed by atoms with E-state index in [1.165, 1.54) is 24.8 Å². The lowest BCUT2D eigenvalue weighted by atomic mass is 9.96. The third-order valence-electron chi connectivity index (χ3n) is 5.67. The minimum Gasteiger partial charge on any atom is -0.323 e. The van der Waals surface area contributed by atoms with E-state index in [9.17, 15) is 4.79 Å². The van der Waals surface area contributed by atoms with Crippen LogP contribution in [0.1, 0.15) is 70.4 Å². The first-order chi connectivity index (χ1) is 13.1. The van der Waals surface area contributed by atoms with Crippen LogP contribution in [0.25, 0.3) is 0 Å². The van der Waals surface area contributed by atoms with Crippen LogP contribution in [-0.4, -0.2) is 35.0 Å². The van der Waals surface area contributed by atoms with Gasteiger partial charge in [0.2, 0.25) is 0 Å². The molecule has 148 valence electrons. The van der Waals surface area contributed by atoms with Crippen molar-refractivity contribution in [3.63, 3.8) is 0 Å². The number of likely N-dealkylation sites (N-methyl/N-ethyl adjacent to an activating group) is 1. The fourth-order valence-corrected chi connectivity index (χ4v) is 3.99. The summed E-state index contributed by atoms with van der Waals surface area (Å²) < 4.78 is 0. The molecular weight excluding hydrogens is 332 g/mol.